The molecule has 0 aliphatic carbocycles. The van der Waals surface area contributed by atoms with Crippen molar-refractivity contribution >= 4 is 10.0 Å². The summed E-state index contributed by atoms with van der Waals surface area (Å²) < 4.78 is 33.6. The van der Waals surface area contributed by atoms with Crippen LogP contribution in [0, 0.1) is 0 Å². The first kappa shape index (κ1) is 10.9. The molecule has 1 saturated heterocycles. The first-order valence-electron chi connectivity index (χ1n) is 4.11. The Bertz CT molecular complexity index is 245. The Morgan fingerprint density at radius 3 is 2.69 bits per heavy atom. The van der Waals surface area contributed by atoms with E-state index in [1.165, 1.54) is 10.6 Å². The van der Waals surface area contributed by atoms with Crippen molar-refractivity contribution < 1.29 is 17.9 Å². The molecule has 1 rings (SSSR count). The van der Waals surface area contributed by atoms with Crippen LogP contribution in [-0.4, -0.2) is 52.1 Å². The quantitative estimate of drug-likeness (QED) is 0.637. The van der Waals surface area contributed by atoms with Gasteiger partial charge in [-0.05, 0) is 6.42 Å². The lowest BCUT2D eigenvalue weighted by atomic mass is 10.2. The van der Waals surface area contributed by atoms with Gasteiger partial charge in [0.1, 0.15) is 6.79 Å². The fraction of sp³-hybridized carbons (Fsp3) is 1.00. The van der Waals surface area contributed by atoms with Crippen LogP contribution in [0.25, 0.3) is 0 Å². The average Bonchev–Trinajstić information content (AvgIpc) is 2.04. The van der Waals surface area contributed by atoms with Gasteiger partial charge in [0.05, 0.1) is 19.0 Å². The maximum absolute atomic E-state index is 11.0. The lowest BCUT2D eigenvalue weighted by Crippen LogP contribution is -2.37. The molecule has 1 atom stereocenters. The molecular weight excluding hydrogens is 194 g/mol. The van der Waals surface area contributed by atoms with Crippen LogP contribution in [0.4, 0.5) is 0 Å². The molecule has 1 unspecified atom stereocenters. The minimum atomic E-state index is -3.09. The summed E-state index contributed by atoms with van der Waals surface area (Å²) in [5.74, 6) is 0. The number of nitrogens with zero attached hydrogens (tertiary/aromatic N) is 1. The lowest BCUT2D eigenvalue weighted by Gasteiger charge is -2.26. The highest BCUT2D eigenvalue weighted by molar-refractivity contribution is 7.88. The first-order chi connectivity index (χ1) is 6.00. The van der Waals surface area contributed by atoms with Crippen molar-refractivity contribution in [1.82, 2.24) is 4.31 Å². The molecule has 0 saturated carbocycles. The molecule has 78 valence electrons. The van der Waals surface area contributed by atoms with Crippen molar-refractivity contribution in [2.45, 2.75) is 12.5 Å². The second kappa shape index (κ2) is 4.36. The van der Waals surface area contributed by atoms with Gasteiger partial charge >= 0.3 is 0 Å². The second-order valence-corrected chi connectivity index (χ2v) is 5.24. The van der Waals surface area contributed by atoms with Crippen molar-refractivity contribution in [2.75, 3.05) is 33.2 Å². The van der Waals surface area contributed by atoms with Gasteiger partial charge in [-0.25, -0.2) is 12.7 Å². The van der Waals surface area contributed by atoms with E-state index in [0.717, 1.165) is 6.42 Å². The van der Waals surface area contributed by atoms with Crippen LogP contribution in [0.5, 0.6) is 0 Å². The number of rotatable bonds is 3. The minimum Gasteiger partial charge on any atom is -0.355 e. The van der Waals surface area contributed by atoms with E-state index in [1.807, 2.05) is 0 Å². The van der Waals surface area contributed by atoms with Gasteiger partial charge in [-0.3, -0.25) is 0 Å². The number of ether oxygens (including phenoxy) is 2. The number of likely N-dealkylation sites (N-methyl/N-ethyl adjacent to an activating group) is 1. The van der Waals surface area contributed by atoms with Crippen molar-refractivity contribution in [1.29, 1.82) is 0 Å². The predicted molar refractivity (Wildman–Crippen MR) is 47.8 cm³/mol. The van der Waals surface area contributed by atoms with Crippen LogP contribution in [-0.2, 0) is 19.5 Å². The van der Waals surface area contributed by atoms with E-state index in [1.54, 1.807) is 7.05 Å². The smallest absolute Gasteiger partial charge is 0.211 e. The molecule has 0 N–H and O–H groups in total. The molecule has 0 aromatic rings. The topological polar surface area (TPSA) is 55.8 Å². The van der Waals surface area contributed by atoms with Crippen LogP contribution in [0.2, 0.25) is 0 Å². The van der Waals surface area contributed by atoms with Gasteiger partial charge < -0.3 is 9.47 Å². The van der Waals surface area contributed by atoms with E-state index >= 15 is 0 Å². The van der Waals surface area contributed by atoms with E-state index in [9.17, 15) is 8.42 Å². The summed E-state index contributed by atoms with van der Waals surface area (Å²) in [4.78, 5) is 0. The molecule has 1 aliphatic rings. The maximum atomic E-state index is 11.0. The fourth-order valence-corrected chi connectivity index (χ4v) is 1.50. The molecule has 0 radical (unpaired) electrons. The van der Waals surface area contributed by atoms with Gasteiger partial charge in [0, 0.05) is 13.6 Å². The molecule has 5 nitrogen and oxygen atoms in total. The zero-order valence-electron chi connectivity index (χ0n) is 7.89. The standard InChI is InChI=1S/C7H15NO4S/c1-8(13(2,9)10)5-7-3-4-11-6-12-7/h7H,3-6H2,1-2H3. The molecule has 1 heterocycles. The zero-order chi connectivity index (χ0) is 9.90. The van der Waals surface area contributed by atoms with Crippen LogP contribution in [0.1, 0.15) is 6.42 Å². The van der Waals surface area contributed by atoms with Crippen LogP contribution in [0.3, 0.4) is 0 Å². The van der Waals surface area contributed by atoms with Crippen LogP contribution < -0.4 is 0 Å². The second-order valence-electron chi connectivity index (χ2n) is 3.15. The minimum absolute atomic E-state index is 0.0338. The molecule has 0 aromatic heterocycles. The van der Waals surface area contributed by atoms with Crippen LogP contribution >= 0.6 is 0 Å². The van der Waals surface area contributed by atoms with E-state index < -0.39 is 10.0 Å². The largest absolute Gasteiger partial charge is 0.355 e. The lowest BCUT2D eigenvalue weighted by molar-refractivity contribution is -0.140. The van der Waals surface area contributed by atoms with Crippen molar-refractivity contribution in [3.63, 3.8) is 0 Å². The molecule has 0 spiro atoms. The molecule has 1 aliphatic heterocycles. The number of hydrogen-bond donors (Lipinski definition) is 0. The Morgan fingerprint density at radius 2 is 2.23 bits per heavy atom. The fourth-order valence-electron chi connectivity index (χ4n) is 1.07. The molecule has 6 heteroatoms. The Hall–Kier alpha value is -0.170. The highest BCUT2D eigenvalue weighted by atomic mass is 32.2. The zero-order valence-corrected chi connectivity index (χ0v) is 8.71. The van der Waals surface area contributed by atoms with Gasteiger partial charge in [-0.15, -0.1) is 0 Å². The summed E-state index contributed by atoms with van der Waals surface area (Å²) in [7, 11) is -1.54. The Balaban J connectivity index is 2.39. The summed E-state index contributed by atoms with van der Waals surface area (Å²) in [5, 5.41) is 0. The van der Waals surface area contributed by atoms with Crippen molar-refractivity contribution in [2.24, 2.45) is 0 Å². The van der Waals surface area contributed by atoms with Gasteiger partial charge in [-0.2, -0.15) is 0 Å². The van der Waals surface area contributed by atoms with E-state index in [2.05, 4.69) is 0 Å². The molecule has 1 fully saturated rings. The Labute approximate surface area is 78.7 Å². The monoisotopic (exact) mass is 209 g/mol. The maximum Gasteiger partial charge on any atom is 0.211 e. The first-order valence-corrected chi connectivity index (χ1v) is 5.95. The van der Waals surface area contributed by atoms with E-state index in [-0.39, 0.29) is 12.9 Å². The van der Waals surface area contributed by atoms with Gasteiger partial charge in [-0.1, -0.05) is 0 Å². The molecule has 0 amide bonds. The van der Waals surface area contributed by atoms with E-state index in [0.29, 0.717) is 13.2 Å². The summed E-state index contributed by atoms with van der Waals surface area (Å²) in [5.41, 5.74) is 0. The SMILES string of the molecule is CN(CC1CCOCO1)S(C)(=O)=O. The third kappa shape index (κ3) is 3.60. The summed E-state index contributed by atoms with van der Waals surface area (Å²) in [6.45, 7) is 1.31. The molecule has 0 bridgehead atoms. The van der Waals surface area contributed by atoms with Gasteiger partial charge in [0.2, 0.25) is 10.0 Å². The highest BCUT2D eigenvalue weighted by Gasteiger charge is 2.20. The summed E-state index contributed by atoms with van der Waals surface area (Å²) in [6.07, 6.45) is 1.90. The van der Waals surface area contributed by atoms with Gasteiger partial charge in [0.25, 0.3) is 0 Å². The summed E-state index contributed by atoms with van der Waals surface area (Å²) in [6, 6.07) is 0. The van der Waals surface area contributed by atoms with Crippen molar-refractivity contribution in [3.05, 3.63) is 0 Å². The summed E-state index contributed by atoms with van der Waals surface area (Å²) >= 11 is 0. The number of hydrogen-bond acceptors (Lipinski definition) is 4. The Morgan fingerprint density at radius 1 is 1.54 bits per heavy atom. The normalized spacial score (nSPS) is 25.0. The molecule has 13 heavy (non-hydrogen) atoms. The predicted octanol–water partition coefficient (Wildman–Crippen LogP) is -0.359. The average molecular weight is 209 g/mol. The van der Waals surface area contributed by atoms with Crippen LogP contribution in [0.15, 0.2) is 0 Å². The number of sulfonamides is 1. The highest BCUT2D eigenvalue weighted by Crippen LogP contribution is 2.08. The Kier molecular flexibility index (Phi) is 3.66. The third-order valence-corrected chi connectivity index (χ3v) is 3.28. The van der Waals surface area contributed by atoms with E-state index in [4.69, 9.17) is 9.47 Å². The van der Waals surface area contributed by atoms with Gasteiger partial charge in [0.15, 0.2) is 0 Å². The van der Waals surface area contributed by atoms with Crippen molar-refractivity contribution in [3.8, 4) is 0 Å². The third-order valence-electron chi connectivity index (χ3n) is 2.00. The molecule has 0 aromatic carbocycles. The molecular formula is C7H15NO4S.